The molecule has 0 aromatic carbocycles. The molecule has 0 aliphatic carbocycles. The van der Waals surface area contributed by atoms with Crippen LogP contribution in [-0.4, -0.2) is 38.7 Å². The standard InChI is InChI=1S/C9H15NO4.ClH/c1-13-8(11)4-6-3-7(10-5-6)9(12)14-2;/h6-7,10H,3-5H2,1-2H3;1H/t6-,7+;/m1./s1. The molecular formula is C9H16ClNO4. The van der Waals surface area contributed by atoms with E-state index in [0.29, 0.717) is 19.4 Å². The third kappa shape index (κ3) is 4.05. The number of halogens is 1. The van der Waals surface area contributed by atoms with Crippen molar-refractivity contribution in [3.63, 3.8) is 0 Å². The summed E-state index contributed by atoms with van der Waals surface area (Å²) in [6.45, 7) is 0.662. The summed E-state index contributed by atoms with van der Waals surface area (Å²) < 4.78 is 9.15. The lowest BCUT2D eigenvalue weighted by atomic mass is 10.0. The molecule has 1 N–H and O–H groups in total. The van der Waals surface area contributed by atoms with Crippen molar-refractivity contribution in [2.75, 3.05) is 20.8 Å². The van der Waals surface area contributed by atoms with Gasteiger partial charge < -0.3 is 14.8 Å². The molecule has 1 saturated heterocycles. The average Bonchev–Trinajstić information content (AvgIpc) is 2.65. The van der Waals surface area contributed by atoms with Crippen LogP contribution in [0.1, 0.15) is 12.8 Å². The van der Waals surface area contributed by atoms with Crippen molar-refractivity contribution in [2.45, 2.75) is 18.9 Å². The van der Waals surface area contributed by atoms with E-state index in [0.717, 1.165) is 0 Å². The number of methoxy groups -OCH3 is 2. The van der Waals surface area contributed by atoms with E-state index in [1.807, 2.05) is 0 Å². The minimum Gasteiger partial charge on any atom is -0.469 e. The van der Waals surface area contributed by atoms with E-state index in [9.17, 15) is 9.59 Å². The minimum absolute atomic E-state index is 0. The molecule has 88 valence electrons. The first-order chi connectivity index (χ1) is 6.67. The molecule has 5 nitrogen and oxygen atoms in total. The summed E-state index contributed by atoms with van der Waals surface area (Å²) in [6, 6.07) is -0.269. The van der Waals surface area contributed by atoms with Gasteiger partial charge in [0.05, 0.1) is 14.2 Å². The highest BCUT2D eigenvalue weighted by atomic mass is 35.5. The van der Waals surface area contributed by atoms with Crippen molar-refractivity contribution in [3.8, 4) is 0 Å². The Hall–Kier alpha value is -0.810. The van der Waals surface area contributed by atoms with Gasteiger partial charge in [0.2, 0.25) is 0 Å². The summed E-state index contributed by atoms with van der Waals surface area (Å²) in [4.78, 5) is 22.1. The van der Waals surface area contributed by atoms with E-state index in [1.165, 1.54) is 14.2 Å². The number of carbonyl (C=O) groups is 2. The Morgan fingerprint density at radius 1 is 1.33 bits per heavy atom. The number of rotatable bonds is 3. The second kappa shape index (κ2) is 6.63. The molecule has 0 aromatic heterocycles. The van der Waals surface area contributed by atoms with E-state index < -0.39 is 0 Å². The molecule has 0 unspecified atom stereocenters. The first-order valence-corrected chi connectivity index (χ1v) is 4.55. The Balaban J connectivity index is 0.00000196. The van der Waals surface area contributed by atoms with Crippen molar-refractivity contribution in [2.24, 2.45) is 5.92 Å². The summed E-state index contributed by atoms with van der Waals surface area (Å²) in [7, 11) is 2.72. The SMILES string of the molecule is COC(=O)C[C@@H]1CN[C@H](C(=O)OC)C1.Cl. The molecule has 6 heteroatoms. The quantitative estimate of drug-likeness (QED) is 0.707. The van der Waals surface area contributed by atoms with Crippen molar-refractivity contribution < 1.29 is 19.1 Å². The van der Waals surface area contributed by atoms with Crippen LogP contribution in [-0.2, 0) is 19.1 Å². The average molecular weight is 238 g/mol. The first-order valence-electron chi connectivity index (χ1n) is 4.55. The van der Waals surface area contributed by atoms with E-state index in [1.54, 1.807) is 0 Å². The molecule has 1 aliphatic heterocycles. The zero-order valence-corrected chi connectivity index (χ0v) is 9.63. The number of hydrogen-bond donors (Lipinski definition) is 1. The number of hydrogen-bond acceptors (Lipinski definition) is 5. The molecule has 15 heavy (non-hydrogen) atoms. The van der Waals surface area contributed by atoms with Crippen LogP contribution < -0.4 is 5.32 Å². The third-order valence-electron chi connectivity index (χ3n) is 2.39. The molecule has 0 bridgehead atoms. The summed E-state index contributed by atoms with van der Waals surface area (Å²) in [5, 5.41) is 3.00. The second-order valence-corrected chi connectivity index (χ2v) is 3.37. The summed E-state index contributed by atoms with van der Waals surface area (Å²) in [6.07, 6.45) is 0.999. The largest absolute Gasteiger partial charge is 0.469 e. The Kier molecular flexibility index (Phi) is 6.27. The van der Waals surface area contributed by atoms with Gasteiger partial charge in [-0.2, -0.15) is 0 Å². The molecule has 1 fully saturated rings. The van der Waals surface area contributed by atoms with Crippen LogP contribution in [0, 0.1) is 5.92 Å². The fourth-order valence-electron chi connectivity index (χ4n) is 1.61. The fraction of sp³-hybridized carbons (Fsp3) is 0.778. The highest BCUT2D eigenvalue weighted by molar-refractivity contribution is 5.85. The van der Waals surface area contributed by atoms with Gasteiger partial charge in [0.15, 0.2) is 0 Å². The molecule has 0 spiro atoms. The predicted octanol–water partition coefficient (Wildman–Crippen LogP) is 0.122. The van der Waals surface area contributed by atoms with E-state index in [2.05, 4.69) is 14.8 Å². The topological polar surface area (TPSA) is 64.6 Å². The molecule has 1 aliphatic rings. The molecule has 0 radical (unpaired) electrons. The Labute approximate surface area is 94.9 Å². The van der Waals surface area contributed by atoms with E-state index >= 15 is 0 Å². The second-order valence-electron chi connectivity index (χ2n) is 3.37. The molecule has 0 aromatic rings. The predicted molar refractivity (Wildman–Crippen MR) is 55.8 cm³/mol. The normalized spacial score (nSPS) is 24.1. The van der Waals surface area contributed by atoms with Crippen molar-refractivity contribution in [1.29, 1.82) is 0 Å². The maximum absolute atomic E-state index is 11.1. The molecule has 0 saturated carbocycles. The lowest BCUT2D eigenvalue weighted by Crippen LogP contribution is -2.31. The number of nitrogens with one attached hydrogen (secondary N) is 1. The van der Waals surface area contributed by atoms with Gasteiger partial charge in [-0.15, -0.1) is 12.4 Å². The highest BCUT2D eigenvalue weighted by Crippen LogP contribution is 2.18. The lowest BCUT2D eigenvalue weighted by Gasteiger charge is -2.07. The van der Waals surface area contributed by atoms with Gasteiger partial charge in [-0.05, 0) is 18.9 Å². The molecule has 0 amide bonds. The van der Waals surface area contributed by atoms with Crippen molar-refractivity contribution >= 4 is 24.3 Å². The van der Waals surface area contributed by atoms with Gasteiger partial charge in [-0.3, -0.25) is 9.59 Å². The van der Waals surface area contributed by atoms with Crippen LogP contribution in [0.25, 0.3) is 0 Å². The fourth-order valence-corrected chi connectivity index (χ4v) is 1.61. The smallest absolute Gasteiger partial charge is 0.322 e. The summed E-state index contributed by atoms with van der Waals surface area (Å²) in [5.41, 5.74) is 0. The lowest BCUT2D eigenvalue weighted by molar-refractivity contribution is -0.144. The van der Waals surface area contributed by atoms with Crippen LogP contribution in [0.5, 0.6) is 0 Å². The number of carbonyl (C=O) groups excluding carboxylic acids is 2. The molecule has 2 atom stereocenters. The maximum Gasteiger partial charge on any atom is 0.322 e. The Morgan fingerprint density at radius 3 is 2.53 bits per heavy atom. The van der Waals surface area contributed by atoms with Gasteiger partial charge in [-0.1, -0.05) is 0 Å². The van der Waals surface area contributed by atoms with Crippen LogP contribution in [0.15, 0.2) is 0 Å². The molecular weight excluding hydrogens is 222 g/mol. The van der Waals surface area contributed by atoms with Gasteiger partial charge in [0, 0.05) is 6.42 Å². The molecule has 1 heterocycles. The molecule has 1 rings (SSSR count). The summed E-state index contributed by atoms with van der Waals surface area (Å²) in [5.74, 6) is -0.328. The van der Waals surface area contributed by atoms with Gasteiger partial charge >= 0.3 is 11.9 Å². The number of esters is 2. The number of ether oxygens (including phenoxy) is 2. The van der Waals surface area contributed by atoms with Gasteiger partial charge in [0.25, 0.3) is 0 Å². The van der Waals surface area contributed by atoms with Gasteiger partial charge in [0.1, 0.15) is 6.04 Å². The van der Waals surface area contributed by atoms with Crippen LogP contribution in [0.3, 0.4) is 0 Å². The monoisotopic (exact) mass is 237 g/mol. The highest BCUT2D eigenvalue weighted by Gasteiger charge is 2.31. The Morgan fingerprint density at radius 2 is 2.00 bits per heavy atom. The first kappa shape index (κ1) is 14.2. The van der Waals surface area contributed by atoms with E-state index in [-0.39, 0.29) is 36.3 Å². The Bertz CT molecular complexity index is 234. The van der Waals surface area contributed by atoms with Crippen LogP contribution >= 0.6 is 12.4 Å². The van der Waals surface area contributed by atoms with Gasteiger partial charge in [-0.25, -0.2) is 0 Å². The maximum atomic E-state index is 11.1. The summed E-state index contributed by atoms with van der Waals surface area (Å²) >= 11 is 0. The zero-order valence-electron chi connectivity index (χ0n) is 8.82. The van der Waals surface area contributed by atoms with Crippen LogP contribution in [0.2, 0.25) is 0 Å². The van der Waals surface area contributed by atoms with Crippen molar-refractivity contribution in [3.05, 3.63) is 0 Å². The van der Waals surface area contributed by atoms with Crippen molar-refractivity contribution in [1.82, 2.24) is 5.32 Å². The third-order valence-corrected chi connectivity index (χ3v) is 2.39. The van der Waals surface area contributed by atoms with E-state index in [4.69, 9.17) is 0 Å². The minimum atomic E-state index is -0.269. The zero-order chi connectivity index (χ0) is 10.6. The van der Waals surface area contributed by atoms with Crippen LogP contribution in [0.4, 0.5) is 0 Å².